The van der Waals surface area contributed by atoms with Crippen molar-refractivity contribution in [3.8, 4) is 0 Å². The van der Waals surface area contributed by atoms with Crippen LogP contribution in [0.25, 0.3) is 0 Å². The third-order valence-electron chi connectivity index (χ3n) is 3.92. The van der Waals surface area contributed by atoms with Gasteiger partial charge in [-0.05, 0) is 46.2 Å². The molecule has 0 saturated carbocycles. The van der Waals surface area contributed by atoms with Crippen molar-refractivity contribution in [1.82, 2.24) is 9.80 Å². The van der Waals surface area contributed by atoms with Gasteiger partial charge in [-0.15, -0.1) is 0 Å². The number of carbonyl (C=O) groups excluding carboxylic acids is 1. The summed E-state index contributed by atoms with van der Waals surface area (Å²) in [5.41, 5.74) is 5.18. The smallest absolute Gasteiger partial charge is 0.325 e. The minimum Gasteiger partial charge on any atom is -0.465 e. The lowest BCUT2D eigenvalue weighted by atomic mass is 9.97. The van der Waals surface area contributed by atoms with Gasteiger partial charge in [0.05, 0.1) is 6.61 Å². The molecule has 0 radical (unpaired) electrons. The molecule has 1 aliphatic rings. The fraction of sp³-hybridized carbons (Fsp3) is 0.933. The van der Waals surface area contributed by atoms with Crippen LogP contribution in [0, 0.1) is 0 Å². The highest BCUT2D eigenvalue weighted by molar-refractivity contribution is 5.79. The van der Waals surface area contributed by atoms with Crippen molar-refractivity contribution in [2.45, 2.75) is 45.6 Å². The molecule has 0 aromatic carbocycles. The third-order valence-corrected chi connectivity index (χ3v) is 3.92. The van der Waals surface area contributed by atoms with E-state index >= 15 is 0 Å². The van der Waals surface area contributed by atoms with Crippen molar-refractivity contribution in [2.24, 2.45) is 5.73 Å². The van der Waals surface area contributed by atoms with Crippen LogP contribution in [0.1, 0.15) is 40.0 Å². The molecule has 0 amide bonds. The number of hydrogen-bond acceptors (Lipinski definition) is 5. The molecule has 118 valence electrons. The average molecular weight is 285 g/mol. The van der Waals surface area contributed by atoms with E-state index in [-0.39, 0.29) is 5.97 Å². The molecule has 2 N–H and O–H groups in total. The Kier molecular flexibility index (Phi) is 7.48. The number of esters is 1. The lowest BCUT2D eigenvalue weighted by molar-refractivity contribution is -0.149. The van der Waals surface area contributed by atoms with Gasteiger partial charge in [-0.2, -0.15) is 0 Å². The number of nitrogens with zero attached hydrogens (tertiary/aromatic N) is 2. The first-order chi connectivity index (χ1) is 9.49. The summed E-state index contributed by atoms with van der Waals surface area (Å²) in [5, 5.41) is 0. The lowest BCUT2D eigenvalue weighted by Gasteiger charge is -2.35. The Balaban J connectivity index is 2.20. The summed E-state index contributed by atoms with van der Waals surface area (Å²) in [6.45, 7) is 13.0. The van der Waals surface area contributed by atoms with Gasteiger partial charge in [0.25, 0.3) is 0 Å². The zero-order chi connectivity index (χ0) is 15.0. The van der Waals surface area contributed by atoms with Crippen molar-refractivity contribution in [1.29, 1.82) is 0 Å². The largest absolute Gasteiger partial charge is 0.465 e. The molecule has 1 heterocycles. The van der Waals surface area contributed by atoms with E-state index < -0.39 is 5.54 Å². The van der Waals surface area contributed by atoms with Crippen LogP contribution in [-0.4, -0.2) is 67.2 Å². The van der Waals surface area contributed by atoms with E-state index in [1.165, 1.54) is 13.0 Å². The molecule has 0 aromatic rings. The number of ether oxygens (including phenoxy) is 1. The molecule has 1 aliphatic heterocycles. The molecule has 1 rings (SSSR count). The van der Waals surface area contributed by atoms with Gasteiger partial charge in [0, 0.05) is 26.2 Å². The van der Waals surface area contributed by atoms with Crippen LogP contribution in [0.15, 0.2) is 0 Å². The zero-order valence-corrected chi connectivity index (χ0v) is 13.4. The average Bonchev–Trinajstić information content (AvgIpc) is 2.41. The molecular weight excluding hydrogens is 254 g/mol. The summed E-state index contributed by atoms with van der Waals surface area (Å²) in [6.07, 6.45) is 2.85. The Morgan fingerprint density at radius 3 is 2.20 bits per heavy atom. The summed E-state index contributed by atoms with van der Waals surface area (Å²) < 4.78 is 5.01. The molecule has 1 atom stereocenters. The minimum absolute atomic E-state index is 0.284. The first-order valence-corrected chi connectivity index (χ1v) is 7.90. The van der Waals surface area contributed by atoms with Crippen molar-refractivity contribution in [3.05, 3.63) is 0 Å². The Labute approximate surface area is 123 Å². The SMILES string of the molecule is CCCN1CCN(CCCC(C)(N)C(=O)OCC)CC1. The fourth-order valence-electron chi connectivity index (χ4n) is 2.62. The predicted octanol–water partition coefficient (Wildman–Crippen LogP) is 1.07. The minimum atomic E-state index is -0.847. The first kappa shape index (κ1) is 17.4. The maximum Gasteiger partial charge on any atom is 0.325 e. The Bertz CT molecular complexity index is 287. The maximum absolute atomic E-state index is 11.7. The monoisotopic (exact) mass is 285 g/mol. The summed E-state index contributed by atoms with van der Waals surface area (Å²) in [7, 11) is 0. The van der Waals surface area contributed by atoms with Gasteiger partial charge in [0.1, 0.15) is 5.54 Å². The lowest BCUT2D eigenvalue weighted by Crippen LogP contribution is -2.48. The number of piperazine rings is 1. The molecule has 5 heteroatoms. The number of carbonyl (C=O) groups is 1. The van der Waals surface area contributed by atoms with Gasteiger partial charge in [-0.25, -0.2) is 0 Å². The van der Waals surface area contributed by atoms with Crippen molar-refractivity contribution in [2.75, 3.05) is 45.9 Å². The number of hydrogen-bond donors (Lipinski definition) is 1. The summed E-state index contributed by atoms with van der Waals surface area (Å²) in [6, 6.07) is 0. The first-order valence-electron chi connectivity index (χ1n) is 7.90. The summed E-state index contributed by atoms with van der Waals surface area (Å²) >= 11 is 0. The second kappa shape index (κ2) is 8.60. The van der Waals surface area contributed by atoms with E-state index in [0.29, 0.717) is 13.0 Å². The van der Waals surface area contributed by atoms with E-state index in [0.717, 1.165) is 39.1 Å². The summed E-state index contributed by atoms with van der Waals surface area (Å²) in [5.74, 6) is -0.284. The Morgan fingerprint density at radius 1 is 1.15 bits per heavy atom. The molecule has 0 bridgehead atoms. The third kappa shape index (κ3) is 5.77. The number of nitrogens with two attached hydrogens (primary N) is 1. The van der Waals surface area contributed by atoms with Crippen LogP contribution < -0.4 is 5.73 Å². The van der Waals surface area contributed by atoms with Crippen molar-refractivity contribution >= 4 is 5.97 Å². The molecule has 1 unspecified atom stereocenters. The molecule has 5 nitrogen and oxygen atoms in total. The van der Waals surface area contributed by atoms with Crippen LogP contribution in [-0.2, 0) is 9.53 Å². The van der Waals surface area contributed by atoms with Gasteiger partial charge in [-0.1, -0.05) is 6.92 Å². The fourth-order valence-corrected chi connectivity index (χ4v) is 2.62. The van der Waals surface area contributed by atoms with E-state index in [1.54, 1.807) is 6.92 Å². The molecule has 0 aliphatic carbocycles. The molecule has 1 saturated heterocycles. The van der Waals surface area contributed by atoms with Crippen molar-refractivity contribution < 1.29 is 9.53 Å². The van der Waals surface area contributed by atoms with Crippen LogP contribution >= 0.6 is 0 Å². The zero-order valence-electron chi connectivity index (χ0n) is 13.4. The second-order valence-electron chi connectivity index (χ2n) is 5.92. The second-order valence-corrected chi connectivity index (χ2v) is 5.92. The quantitative estimate of drug-likeness (QED) is 0.676. The highest BCUT2D eigenvalue weighted by Crippen LogP contribution is 2.13. The topological polar surface area (TPSA) is 58.8 Å². The molecule has 0 spiro atoms. The van der Waals surface area contributed by atoms with Crippen molar-refractivity contribution in [3.63, 3.8) is 0 Å². The Morgan fingerprint density at radius 2 is 1.70 bits per heavy atom. The van der Waals surface area contributed by atoms with E-state index in [9.17, 15) is 4.79 Å². The van der Waals surface area contributed by atoms with E-state index in [2.05, 4.69) is 16.7 Å². The van der Waals surface area contributed by atoms with Gasteiger partial charge in [0.2, 0.25) is 0 Å². The highest BCUT2D eigenvalue weighted by Gasteiger charge is 2.29. The van der Waals surface area contributed by atoms with Crippen LogP contribution in [0.5, 0.6) is 0 Å². The molecule has 20 heavy (non-hydrogen) atoms. The highest BCUT2D eigenvalue weighted by atomic mass is 16.5. The van der Waals surface area contributed by atoms with Crippen LogP contribution in [0.3, 0.4) is 0 Å². The maximum atomic E-state index is 11.7. The Hall–Kier alpha value is -0.650. The van der Waals surface area contributed by atoms with E-state index in [1.807, 2.05) is 6.92 Å². The predicted molar refractivity (Wildman–Crippen MR) is 81.6 cm³/mol. The molecule has 0 aromatic heterocycles. The standard InChI is InChI=1S/C15H31N3O2/c1-4-8-17-10-12-18(13-11-17)9-6-7-15(3,16)14(19)20-5-2/h4-13,16H2,1-3H3. The van der Waals surface area contributed by atoms with E-state index in [4.69, 9.17) is 10.5 Å². The van der Waals surface area contributed by atoms with Gasteiger partial charge in [0.15, 0.2) is 0 Å². The van der Waals surface area contributed by atoms with Gasteiger partial charge < -0.3 is 20.3 Å². The summed E-state index contributed by atoms with van der Waals surface area (Å²) in [4.78, 5) is 16.7. The van der Waals surface area contributed by atoms with Gasteiger partial charge in [-0.3, -0.25) is 4.79 Å². The molecular formula is C15H31N3O2. The van der Waals surface area contributed by atoms with Crippen LogP contribution in [0.4, 0.5) is 0 Å². The normalized spacial score (nSPS) is 20.6. The number of rotatable bonds is 8. The van der Waals surface area contributed by atoms with Gasteiger partial charge >= 0.3 is 5.97 Å². The molecule has 1 fully saturated rings. The van der Waals surface area contributed by atoms with Crippen LogP contribution in [0.2, 0.25) is 0 Å².